The summed E-state index contributed by atoms with van der Waals surface area (Å²) in [6.45, 7) is 5.49. The standard InChI is InChI=1S/C27H27Cl2FN2O2/c1-15(32-9-7-17(8-10-32)27(33)34)20-5-6-23(28)21(26(20)29)13-19-14-22-24(30)11-18(16-3-4-16)12-25(22)31(19)2/h5-6,11-12,14,16-17H,1,3-4,7-10,13H2,2H3,(H,33,34). The van der Waals surface area contributed by atoms with E-state index < -0.39 is 5.97 Å². The van der Waals surface area contributed by atoms with Gasteiger partial charge in [-0.15, -0.1) is 0 Å². The average Bonchev–Trinajstić information content (AvgIpc) is 3.62. The molecule has 2 fully saturated rings. The van der Waals surface area contributed by atoms with Crippen LogP contribution in [0.25, 0.3) is 16.6 Å². The van der Waals surface area contributed by atoms with Gasteiger partial charge in [0.1, 0.15) is 5.82 Å². The molecule has 0 unspecified atom stereocenters. The number of aromatic nitrogens is 1. The second-order valence-corrected chi connectivity index (χ2v) is 10.3. The first-order valence-electron chi connectivity index (χ1n) is 11.7. The number of rotatable bonds is 6. The van der Waals surface area contributed by atoms with Gasteiger partial charge in [0.15, 0.2) is 0 Å². The molecular formula is C27H27Cl2FN2O2. The van der Waals surface area contributed by atoms with Gasteiger partial charge in [0.05, 0.1) is 16.5 Å². The number of nitrogens with zero attached hydrogens (tertiary/aromatic N) is 2. The van der Waals surface area contributed by atoms with E-state index in [9.17, 15) is 14.3 Å². The molecule has 1 N–H and O–H groups in total. The molecule has 3 aromatic rings. The number of hydrogen-bond acceptors (Lipinski definition) is 2. The average molecular weight is 501 g/mol. The molecule has 0 bridgehead atoms. The van der Waals surface area contributed by atoms with Gasteiger partial charge < -0.3 is 14.6 Å². The maximum absolute atomic E-state index is 14.9. The number of halogens is 3. The van der Waals surface area contributed by atoms with Gasteiger partial charge >= 0.3 is 5.97 Å². The van der Waals surface area contributed by atoms with Crippen molar-refractivity contribution >= 4 is 45.8 Å². The Hall–Kier alpha value is -2.50. The number of aryl methyl sites for hydroxylation is 1. The van der Waals surface area contributed by atoms with Gasteiger partial charge in [-0.05, 0) is 73.1 Å². The van der Waals surface area contributed by atoms with Crippen molar-refractivity contribution in [1.29, 1.82) is 0 Å². The van der Waals surface area contributed by atoms with E-state index in [2.05, 4.69) is 17.5 Å². The summed E-state index contributed by atoms with van der Waals surface area (Å²) in [6.07, 6.45) is 3.87. The zero-order valence-corrected chi connectivity index (χ0v) is 20.6. The van der Waals surface area contributed by atoms with Crippen LogP contribution < -0.4 is 0 Å². The first-order chi connectivity index (χ1) is 16.2. The Morgan fingerprint density at radius 3 is 2.50 bits per heavy atom. The van der Waals surface area contributed by atoms with Crippen LogP contribution in [0.4, 0.5) is 4.39 Å². The fourth-order valence-corrected chi connectivity index (χ4v) is 5.63. The third kappa shape index (κ3) is 4.20. The normalized spacial score (nSPS) is 16.9. The van der Waals surface area contributed by atoms with Crippen LogP contribution in [0.5, 0.6) is 0 Å². The van der Waals surface area contributed by atoms with Crippen molar-refractivity contribution in [3.63, 3.8) is 0 Å². The van der Waals surface area contributed by atoms with Crippen LogP contribution in [0.15, 0.2) is 36.9 Å². The Bertz CT molecular complexity index is 1300. The van der Waals surface area contributed by atoms with Gasteiger partial charge in [-0.2, -0.15) is 0 Å². The molecule has 0 spiro atoms. The van der Waals surface area contributed by atoms with Crippen molar-refractivity contribution in [1.82, 2.24) is 9.47 Å². The van der Waals surface area contributed by atoms with E-state index in [0.29, 0.717) is 53.7 Å². The minimum Gasteiger partial charge on any atom is -0.481 e. The lowest BCUT2D eigenvalue weighted by atomic mass is 9.95. The maximum atomic E-state index is 14.9. The number of carbonyl (C=O) groups is 1. The monoisotopic (exact) mass is 500 g/mol. The molecule has 7 heteroatoms. The molecule has 1 aliphatic heterocycles. The molecule has 5 rings (SSSR count). The van der Waals surface area contributed by atoms with Crippen molar-refractivity contribution in [3.05, 3.63) is 75.2 Å². The SMILES string of the molecule is C=C(c1ccc(Cl)c(Cc2cc3c(F)cc(C4CC4)cc3n2C)c1Cl)N1CCC(C(=O)O)CC1. The van der Waals surface area contributed by atoms with E-state index in [0.717, 1.165) is 46.4 Å². The molecule has 2 aromatic carbocycles. The van der Waals surface area contributed by atoms with E-state index >= 15 is 0 Å². The smallest absolute Gasteiger partial charge is 0.306 e. The molecule has 2 aliphatic rings. The maximum Gasteiger partial charge on any atom is 0.306 e. The fourth-order valence-electron chi connectivity index (χ4n) is 5.01. The second kappa shape index (κ2) is 8.94. The van der Waals surface area contributed by atoms with Crippen molar-refractivity contribution in [2.24, 2.45) is 13.0 Å². The Morgan fingerprint density at radius 2 is 1.85 bits per heavy atom. The number of benzene rings is 2. The van der Waals surface area contributed by atoms with Crippen LogP contribution in [-0.4, -0.2) is 33.6 Å². The van der Waals surface area contributed by atoms with Crippen LogP contribution in [-0.2, 0) is 18.3 Å². The van der Waals surface area contributed by atoms with Crippen molar-refractivity contribution in [3.8, 4) is 0 Å². The third-order valence-corrected chi connectivity index (χ3v) is 8.15. The van der Waals surface area contributed by atoms with E-state index in [1.807, 2.05) is 29.8 Å². The van der Waals surface area contributed by atoms with Crippen LogP contribution in [0.1, 0.15) is 54.0 Å². The molecule has 178 valence electrons. The largest absolute Gasteiger partial charge is 0.481 e. The van der Waals surface area contributed by atoms with Gasteiger partial charge in [-0.3, -0.25) is 4.79 Å². The van der Waals surface area contributed by atoms with E-state index in [1.54, 1.807) is 6.07 Å². The first-order valence-corrected chi connectivity index (χ1v) is 12.4. The molecule has 0 radical (unpaired) electrons. The summed E-state index contributed by atoms with van der Waals surface area (Å²) in [5.41, 5.74) is 5.20. The Morgan fingerprint density at radius 1 is 1.15 bits per heavy atom. The predicted molar refractivity (Wildman–Crippen MR) is 135 cm³/mol. The number of hydrogen-bond donors (Lipinski definition) is 1. The van der Waals surface area contributed by atoms with Gasteiger partial charge in [0.25, 0.3) is 0 Å². The Balaban J connectivity index is 1.44. The molecule has 2 heterocycles. The van der Waals surface area contributed by atoms with E-state index in [4.69, 9.17) is 23.2 Å². The quantitative estimate of drug-likeness (QED) is 0.402. The predicted octanol–water partition coefficient (Wildman–Crippen LogP) is 6.86. The van der Waals surface area contributed by atoms with Crippen molar-refractivity contribution in [2.45, 2.75) is 38.0 Å². The lowest BCUT2D eigenvalue weighted by Crippen LogP contribution is -2.35. The molecule has 0 atom stereocenters. The lowest BCUT2D eigenvalue weighted by Gasteiger charge is -2.33. The highest BCUT2D eigenvalue weighted by molar-refractivity contribution is 6.37. The summed E-state index contributed by atoms with van der Waals surface area (Å²) in [6, 6.07) is 9.33. The van der Waals surface area contributed by atoms with Crippen LogP contribution in [0.2, 0.25) is 10.0 Å². The minimum atomic E-state index is -0.743. The molecule has 0 amide bonds. The third-order valence-electron chi connectivity index (χ3n) is 7.36. The lowest BCUT2D eigenvalue weighted by molar-refractivity contribution is -0.143. The van der Waals surface area contributed by atoms with E-state index in [-0.39, 0.29) is 11.7 Å². The summed E-state index contributed by atoms with van der Waals surface area (Å²) in [5, 5.41) is 11.0. The highest BCUT2D eigenvalue weighted by atomic mass is 35.5. The van der Waals surface area contributed by atoms with E-state index in [1.165, 1.54) is 0 Å². The number of aliphatic carboxylic acids is 1. The summed E-state index contributed by atoms with van der Waals surface area (Å²) >= 11 is 13.4. The molecule has 1 aromatic heterocycles. The summed E-state index contributed by atoms with van der Waals surface area (Å²) in [5.74, 6) is -0.768. The summed E-state index contributed by atoms with van der Waals surface area (Å²) in [7, 11) is 1.95. The summed E-state index contributed by atoms with van der Waals surface area (Å²) in [4.78, 5) is 13.4. The zero-order valence-electron chi connectivity index (χ0n) is 19.1. The van der Waals surface area contributed by atoms with Gasteiger partial charge in [0.2, 0.25) is 0 Å². The highest BCUT2D eigenvalue weighted by Gasteiger charge is 2.27. The molecule has 34 heavy (non-hydrogen) atoms. The molecular weight excluding hydrogens is 474 g/mol. The number of likely N-dealkylation sites (tertiary alicyclic amines) is 1. The topological polar surface area (TPSA) is 45.5 Å². The van der Waals surface area contributed by atoms with Gasteiger partial charge in [-0.25, -0.2) is 4.39 Å². The van der Waals surface area contributed by atoms with Crippen molar-refractivity contribution < 1.29 is 14.3 Å². The van der Waals surface area contributed by atoms with Crippen LogP contribution >= 0.6 is 23.2 Å². The molecule has 1 aliphatic carbocycles. The Kier molecular flexibility index (Phi) is 6.11. The van der Waals surface area contributed by atoms with Crippen LogP contribution in [0, 0.1) is 11.7 Å². The van der Waals surface area contributed by atoms with Gasteiger partial charge in [-0.1, -0.05) is 29.8 Å². The number of carboxylic acid groups (broad SMARTS) is 1. The number of piperidine rings is 1. The highest BCUT2D eigenvalue weighted by Crippen LogP contribution is 2.42. The Labute approximate surface area is 208 Å². The minimum absolute atomic E-state index is 0.190. The number of carboxylic acids is 1. The first kappa shape index (κ1) is 23.3. The molecule has 1 saturated carbocycles. The zero-order chi connectivity index (χ0) is 24.1. The molecule has 4 nitrogen and oxygen atoms in total. The second-order valence-electron chi connectivity index (χ2n) is 9.52. The fraction of sp³-hybridized carbons (Fsp3) is 0.370. The van der Waals surface area contributed by atoms with Crippen LogP contribution in [0.3, 0.4) is 0 Å². The molecule has 1 saturated heterocycles. The summed E-state index contributed by atoms with van der Waals surface area (Å²) < 4.78 is 16.9. The van der Waals surface area contributed by atoms with Crippen molar-refractivity contribution in [2.75, 3.05) is 13.1 Å². The van der Waals surface area contributed by atoms with Gasteiger partial charge in [0, 0.05) is 53.9 Å². The number of fused-ring (bicyclic) bond motifs is 1.